The SMILES string of the molecule is CN(C)C(=O)c1ccccc1CC(=O)N[C@@H](Cc1coc2ccccc12)OB(O)O. The first-order valence-corrected chi connectivity index (χ1v) is 9.40. The predicted molar refractivity (Wildman–Crippen MR) is 111 cm³/mol. The van der Waals surface area contributed by atoms with Crippen molar-refractivity contribution in [1.29, 1.82) is 0 Å². The maximum absolute atomic E-state index is 12.6. The van der Waals surface area contributed by atoms with Crippen molar-refractivity contribution in [1.82, 2.24) is 10.2 Å². The van der Waals surface area contributed by atoms with E-state index in [1.54, 1.807) is 44.6 Å². The van der Waals surface area contributed by atoms with E-state index in [4.69, 9.17) is 9.07 Å². The zero-order valence-electron chi connectivity index (χ0n) is 16.7. The van der Waals surface area contributed by atoms with Crippen LogP contribution in [0.25, 0.3) is 11.0 Å². The number of furan rings is 1. The Kier molecular flexibility index (Phi) is 6.89. The first-order chi connectivity index (χ1) is 14.3. The van der Waals surface area contributed by atoms with Crippen LogP contribution in [0.4, 0.5) is 0 Å². The van der Waals surface area contributed by atoms with Gasteiger partial charge >= 0.3 is 7.32 Å². The summed E-state index contributed by atoms with van der Waals surface area (Å²) in [5, 5.41) is 22.0. The minimum Gasteiger partial charge on any atom is -0.464 e. The Morgan fingerprint density at radius 3 is 2.53 bits per heavy atom. The molecule has 2 aromatic carbocycles. The second-order valence-electron chi connectivity index (χ2n) is 7.01. The van der Waals surface area contributed by atoms with Gasteiger partial charge in [0.25, 0.3) is 5.91 Å². The molecule has 0 aliphatic rings. The number of hydrogen-bond acceptors (Lipinski definition) is 6. The lowest BCUT2D eigenvalue weighted by Crippen LogP contribution is -2.43. The lowest BCUT2D eigenvalue weighted by molar-refractivity contribution is -0.123. The number of nitrogens with zero attached hydrogens (tertiary/aromatic N) is 1. The molecule has 0 spiro atoms. The molecule has 30 heavy (non-hydrogen) atoms. The third kappa shape index (κ3) is 5.26. The van der Waals surface area contributed by atoms with Crippen molar-refractivity contribution in [3.63, 3.8) is 0 Å². The second-order valence-corrected chi connectivity index (χ2v) is 7.01. The van der Waals surface area contributed by atoms with Crippen molar-refractivity contribution < 1.29 is 28.7 Å². The summed E-state index contributed by atoms with van der Waals surface area (Å²) >= 11 is 0. The molecule has 156 valence electrons. The number of para-hydroxylation sites is 1. The van der Waals surface area contributed by atoms with Crippen molar-refractivity contribution in [2.24, 2.45) is 0 Å². The van der Waals surface area contributed by atoms with Gasteiger partial charge in [0.1, 0.15) is 11.8 Å². The van der Waals surface area contributed by atoms with Crippen LogP contribution in [0.2, 0.25) is 0 Å². The molecule has 0 unspecified atom stereocenters. The highest BCUT2D eigenvalue weighted by Crippen LogP contribution is 2.22. The third-order valence-electron chi connectivity index (χ3n) is 4.58. The van der Waals surface area contributed by atoms with E-state index < -0.39 is 19.5 Å². The normalized spacial score (nSPS) is 11.9. The Labute approximate surface area is 174 Å². The Morgan fingerprint density at radius 2 is 1.80 bits per heavy atom. The zero-order valence-corrected chi connectivity index (χ0v) is 16.7. The van der Waals surface area contributed by atoms with Crippen molar-refractivity contribution in [3.8, 4) is 0 Å². The molecule has 3 aromatic rings. The zero-order chi connectivity index (χ0) is 21.7. The Morgan fingerprint density at radius 1 is 1.10 bits per heavy atom. The van der Waals surface area contributed by atoms with Crippen LogP contribution < -0.4 is 5.32 Å². The van der Waals surface area contributed by atoms with E-state index in [-0.39, 0.29) is 18.7 Å². The summed E-state index contributed by atoms with van der Waals surface area (Å²) in [6, 6.07) is 14.2. The van der Waals surface area contributed by atoms with Crippen molar-refractivity contribution in [2.75, 3.05) is 14.1 Å². The van der Waals surface area contributed by atoms with E-state index in [0.717, 1.165) is 10.9 Å². The molecule has 0 fully saturated rings. The van der Waals surface area contributed by atoms with Gasteiger partial charge in [0.15, 0.2) is 0 Å². The van der Waals surface area contributed by atoms with Gasteiger partial charge in [-0.15, -0.1) is 0 Å². The molecular formula is C21H23BN2O6. The number of hydrogen-bond donors (Lipinski definition) is 3. The maximum atomic E-state index is 12.6. The van der Waals surface area contributed by atoms with Crippen molar-refractivity contribution in [3.05, 3.63) is 71.5 Å². The number of nitrogens with one attached hydrogen (secondary N) is 1. The third-order valence-corrected chi connectivity index (χ3v) is 4.58. The average Bonchev–Trinajstić information content (AvgIpc) is 3.10. The van der Waals surface area contributed by atoms with Crippen LogP contribution in [-0.2, 0) is 22.3 Å². The van der Waals surface area contributed by atoms with Gasteiger partial charge in [-0.1, -0.05) is 36.4 Å². The van der Waals surface area contributed by atoms with Crippen LogP contribution >= 0.6 is 0 Å². The van der Waals surface area contributed by atoms with Gasteiger partial charge in [0.05, 0.1) is 12.7 Å². The number of carbonyl (C=O) groups is 2. The van der Waals surface area contributed by atoms with E-state index in [0.29, 0.717) is 16.7 Å². The highest BCUT2D eigenvalue weighted by molar-refractivity contribution is 6.32. The fraction of sp³-hybridized carbons (Fsp3) is 0.238. The van der Waals surface area contributed by atoms with Crippen LogP contribution in [0.3, 0.4) is 0 Å². The monoisotopic (exact) mass is 410 g/mol. The lowest BCUT2D eigenvalue weighted by Gasteiger charge is -2.20. The molecule has 0 aliphatic carbocycles. The molecule has 9 heteroatoms. The average molecular weight is 410 g/mol. The van der Waals surface area contributed by atoms with Crippen molar-refractivity contribution >= 4 is 30.1 Å². The van der Waals surface area contributed by atoms with E-state index in [2.05, 4.69) is 5.32 Å². The van der Waals surface area contributed by atoms with Crippen LogP contribution in [0, 0.1) is 0 Å². The molecule has 3 N–H and O–H groups in total. The molecule has 3 rings (SSSR count). The molecule has 1 aromatic heterocycles. The summed E-state index contributed by atoms with van der Waals surface area (Å²) in [6.45, 7) is 0. The van der Waals surface area contributed by atoms with Gasteiger partial charge in [-0.2, -0.15) is 0 Å². The molecule has 2 amide bonds. The summed E-state index contributed by atoms with van der Waals surface area (Å²) in [5.41, 5.74) is 2.42. The minimum absolute atomic E-state index is 0.0662. The smallest absolute Gasteiger partial charge is 0.464 e. The molecule has 0 bridgehead atoms. The highest BCUT2D eigenvalue weighted by atomic mass is 16.6. The molecule has 0 saturated heterocycles. The summed E-state index contributed by atoms with van der Waals surface area (Å²) in [5.74, 6) is -0.630. The fourth-order valence-corrected chi connectivity index (χ4v) is 3.20. The van der Waals surface area contributed by atoms with Gasteiger partial charge in [-0.05, 0) is 17.7 Å². The Bertz CT molecular complexity index is 1030. The summed E-state index contributed by atoms with van der Waals surface area (Å²) in [6.07, 6.45) is 0.638. The van der Waals surface area contributed by atoms with E-state index >= 15 is 0 Å². The first-order valence-electron chi connectivity index (χ1n) is 9.40. The highest BCUT2D eigenvalue weighted by Gasteiger charge is 2.23. The van der Waals surface area contributed by atoms with E-state index in [9.17, 15) is 19.6 Å². The summed E-state index contributed by atoms with van der Waals surface area (Å²) < 4.78 is 10.5. The van der Waals surface area contributed by atoms with Crippen LogP contribution in [0.15, 0.2) is 59.2 Å². The quantitative estimate of drug-likeness (QED) is 0.382. The van der Waals surface area contributed by atoms with Gasteiger partial charge in [-0.3, -0.25) is 9.59 Å². The van der Waals surface area contributed by atoms with Crippen LogP contribution in [0.1, 0.15) is 21.5 Å². The summed E-state index contributed by atoms with van der Waals surface area (Å²) in [7, 11) is 1.22. The lowest BCUT2D eigenvalue weighted by atomic mass is 10.0. The molecule has 0 aliphatic heterocycles. The van der Waals surface area contributed by atoms with Gasteiger partial charge in [-0.25, -0.2) is 0 Å². The molecule has 0 radical (unpaired) electrons. The van der Waals surface area contributed by atoms with Crippen LogP contribution in [-0.4, -0.2) is 54.4 Å². The van der Waals surface area contributed by atoms with Gasteiger partial charge < -0.3 is 29.3 Å². The molecule has 0 saturated carbocycles. The fourth-order valence-electron chi connectivity index (χ4n) is 3.20. The van der Waals surface area contributed by atoms with E-state index in [1.807, 2.05) is 24.3 Å². The van der Waals surface area contributed by atoms with Gasteiger partial charge in [0.2, 0.25) is 5.91 Å². The second kappa shape index (κ2) is 9.58. The van der Waals surface area contributed by atoms with Crippen LogP contribution in [0.5, 0.6) is 0 Å². The molecule has 1 heterocycles. The molecule has 1 atom stereocenters. The number of carbonyl (C=O) groups excluding carboxylic acids is 2. The summed E-state index contributed by atoms with van der Waals surface area (Å²) in [4.78, 5) is 26.4. The van der Waals surface area contributed by atoms with E-state index in [1.165, 1.54) is 4.90 Å². The minimum atomic E-state index is -2.06. The number of amides is 2. The molecule has 8 nitrogen and oxygen atoms in total. The van der Waals surface area contributed by atoms with Crippen molar-refractivity contribution in [2.45, 2.75) is 19.1 Å². The maximum Gasteiger partial charge on any atom is 0.635 e. The topological polar surface area (TPSA) is 112 Å². The molecular weight excluding hydrogens is 387 g/mol. The standard InChI is InChI=1S/C21H23BN2O6/c1-24(2)21(26)17-9-4-3-7-14(17)11-19(25)23-20(30-22(27)28)12-15-13-29-18-10-6-5-8-16(15)18/h3-10,13,20,27-28H,11-12H2,1-2H3,(H,23,25)/t20-/m1/s1. The number of rotatable bonds is 8. The number of benzene rings is 2. The predicted octanol–water partition coefficient (Wildman–Crippen LogP) is 1.35. The Hall–Kier alpha value is -3.14. The Balaban J connectivity index is 1.74. The largest absolute Gasteiger partial charge is 0.635 e. The van der Waals surface area contributed by atoms with Gasteiger partial charge in [0, 0.05) is 37.0 Å². The first kappa shape index (κ1) is 21.6. The number of fused-ring (bicyclic) bond motifs is 1.